The first kappa shape index (κ1) is 75.8. The molecule has 0 fully saturated rings. The first-order valence-electron chi connectivity index (χ1n) is 34.4. The van der Waals surface area contributed by atoms with Crippen LogP contribution in [0.15, 0.2) is 72.9 Å². The molecule has 6 nitrogen and oxygen atoms in total. The predicted octanol–water partition coefficient (Wildman–Crippen LogP) is 23.7. The number of hydrogen-bond acceptors (Lipinski definition) is 6. The third-order valence-electron chi connectivity index (χ3n) is 15.2. The van der Waals surface area contributed by atoms with Gasteiger partial charge in [-0.2, -0.15) is 0 Å². The SMILES string of the molecule is CC/C=C\C/C=C\C/C=C\C/C=C\C/C=C\C/C=C\CCCCCCCCCCCCCCC(=O)OCC(COC(=O)CCCCCCCCCCCCC)OC(=O)CCCCCCCCCCCCCCCCCCCCC. The summed E-state index contributed by atoms with van der Waals surface area (Å²) >= 11 is 0. The topological polar surface area (TPSA) is 78.9 Å². The molecule has 0 heterocycles. The van der Waals surface area contributed by atoms with Gasteiger partial charge in [0, 0.05) is 19.3 Å². The summed E-state index contributed by atoms with van der Waals surface area (Å²) in [5.74, 6) is -0.850. The maximum atomic E-state index is 12.9. The van der Waals surface area contributed by atoms with E-state index in [1.165, 1.54) is 218 Å². The van der Waals surface area contributed by atoms with Crippen LogP contribution in [0.3, 0.4) is 0 Å². The maximum absolute atomic E-state index is 12.9. The van der Waals surface area contributed by atoms with Gasteiger partial charge in [-0.25, -0.2) is 0 Å². The third-order valence-corrected chi connectivity index (χ3v) is 15.2. The Morgan fingerprint density at radius 1 is 0.266 bits per heavy atom. The number of unbranched alkanes of at least 4 members (excludes halogenated alkanes) is 40. The van der Waals surface area contributed by atoms with Crippen LogP contribution in [0, 0.1) is 0 Å². The zero-order valence-electron chi connectivity index (χ0n) is 52.6. The van der Waals surface area contributed by atoms with Gasteiger partial charge >= 0.3 is 17.9 Å². The van der Waals surface area contributed by atoms with Gasteiger partial charge in [0.05, 0.1) is 0 Å². The van der Waals surface area contributed by atoms with E-state index in [4.69, 9.17) is 14.2 Å². The smallest absolute Gasteiger partial charge is 0.306 e. The standard InChI is InChI=1S/C73H130O6/c1-4-7-10-13-16-19-22-24-26-28-30-31-32-33-34-35-36-37-38-39-40-41-43-44-46-48-51-54-57-60-63-66-72(75)78-69-70(68-77-71(74)65-62-59-56-53-50-21-18-15-12-9-6-3)79-73(76)67-64-61-58-55-52-49-47-45-42-29-27-25-23-20-17-14-11-8-5-2/h7,10,16,19,24,26,30-31,33-34,36-37,70H,4-6,8-9,11-15,17-18,20-23,25,27-29,32,35,38-69H2,1-3H3/b10-7-,19-16-,26-24-,31-30-,34-33-,37-36-. The molecule has 1 atom stereocenters. The van der Waals surface area contributed by atoms with Crippen LogP contribution in [-0.4, -0.2) is 37.2 Å². The minimum atomic E-state index is -0.772. The number of rotatable bonds is 63. The largest absolute Gasteiger partial charge is 0.462 e. The predicted molar refractivity (Wildman–Crippen MR) is 344 cm³/mol. The summed E-state index contributed by atoms with van der Waals surface area (Å²) in [6.07, 6.45) is 87.8. The van der Waals surface area contributed by atoms with Crippen molar-refractivity contribution < 1.29 is 28.6 Å². The van der Waals surface area contributed by atoms with Gasteiger partial charge in [0.2, 0.25) is 0 Å². The highest BCUT2D eigenvalue weighted by atomic mass is 16.6. The van der Waals surface area contributed by atoms with Crippen LogP contribution < -0.4 is 0 Å². The lowest BCUT2D eigenvalue weighted by molar-refractivity contribution is -0.167. The summed E-state index contributed by atoms with van der Waals surface area (Å²) in [5, 5.41) is 0. The van der Waals surface area contributed by atoms with E-state index in [0.717, 1.165) is 96.3 Å². The highest BCUT2D eigenvalue weighted by Gasteiger charge is 2.19. The molecule has 0 aromatic heterocycles. The van der Waals surface area contributed by atoms with Crippen molar-refractivity contribution in [3.63, 3.8) is 0 Å². The van der Waals surface area contributed by atoms with Crippen LogP contribution in [0.1, 0.15) is 355 Å². The Morgan fingerprint density at radius 2 is 0.494 bits per heavy atom. The first-order valence-corrected chi connectivity index (χ1v) is 34.4. The molecule has 0 saturated heterocycles. The molecule has 0 spiro atoms. The fourth-order valence-corrected chi connectivity index (χ4v) is 10.1. The van der Waals surface area contributed by atoms with Gasteiger partial charge in [0.25, 0.3) is 0 Å². The minimum absolute atomic E-state index is 0.0693. The Kier molecular flexibility index (Phi) is 64.7. The Labute approximate surface area is 491 Å². The number of carbonyl (C=O) groups excluding carboxylic acids is 3. The minimum Gasteiger partial charge on any atom is -0.462 e. The molecule has 458 valence electrons. The van der Waals surface area contributed by atoms with Crippen molar-refractivity contribution in [2.45, 2.75) is 361 Å². The summed E-state index contributed by atoms with van der Waals surface area (Å²) in [6.45, 7) is 6.57. The van der Waals surface area contributed by atoms with Crippen LogP contribution in [-0.2, 0) is 28.6 Å². The number of esters is 3. The molecule has 0 saturated carbocycles. The van der Waals surface area contributed by atoms with Gasteiger partial charge in [-0.15, -0.1) is 0 Å². The second-order valence-electron chi connectivity index (χ2n) is 23.1. The molecule has 0 radical (unpaired) electrons. The fourth-order valence-electron chi connectivity index (χ4n) is 10.1. The fraction of sp³-hybridized carbons (Fsp3) is 0.795. The van der Waals surface area contributed by atoms with Crippen LogP contribution in [0.4, 0.5) is 0 Å². The molecule has 0 aliphatic carbocycles. The summed E-state index contributed by atoms with van der Waals surface area (Å²) in [5.41, 5.74) is 0. The highest BCUT2D eigenvalue weighted by molar-refractivity contribution is 5.71. The molecule has 0 bridgehead atoms. The first-order chi connectivity index (χ1) is 39.0. The number of allylic oxidation sites excluding steroid dienone is 12. The van der Waals surface area contributed by atoms with Gasteiger partial charge in [-0.05, 0) is 70.6 Å². The Hall–Kier alpha value is -3.15. The van der Waals surface area contributed by atoms with E-state index in [0.29, 0.717) is 19.3 Å². The third kappa shape index (κ3) is 65.5. The summed E-state index contributed by atoms with van der Waals surface area (Å²) in [4.78, 5) is 38.3. The van der Waals surface area contributed by atoms with Gasteiger partial charge in [0.1, 0.15) is 13.2 Å². The van der Waals surface area contributed by atoms with Crippen molar-refractivity contribution in [3.8, 4) is 0 Å². The van der Waals surface area contributed by atoms with Crippen LogP contribution in [0.2, 0.25) is 0 Å². The molecular weight excluding hydrogens is 973 g/mol. The average molecular weight is 1100 g/mol. The Balaban J connectivity index is 4.18. The van der Waals surface area contributed by atoms with Crippen molar-refractivity contribution >= 4 is 17.9 Å². The maximum Gasteiger partial charge on any atom is 0.306 e. The van der Waals surface area contributed by atoms with Gasteiger partial charge in [0.15, 0.2) is 6.10 Å². The molecule has 0 N–H and O–H groups in total. The van der Waals surface area contributed by atoms with E-state index < -0.39 is 6.10 Å². The zero-order valence-corrected chi connectivity index (χ0v) is 52.6. The highest BCUT2D eigenvalue weighted by Crippen LogP contribution is 2.18. The van der Waals surface area contributed by atoms with E-state index >= 15 is 0 Å². The molecule has 1 unspecified atom stereocenters. The summed E-state index contributed by atoms with van der Waals surface area (Å²) in [7, 11) is 0. The number of ether oxygens (including phenoxy) is 3. The van der Waals surface area contributed by atoms with Crippen molar-refractivity contribution in [2.24, 2.45) is 0 Å². The van der Waals surface area contributed by atoms with Crippen LogP contribution >= 0.6 is 0 Å². The van der Waals surface area contributed by atoms with Gasteiger partial charge < -0.3 is 14.2 Å². The molecule has 0 aliphatic heterocycles. The second-order valence-corrected chi connectivity index (χ2v) is 23.1. The van der Waals surface area contributed by atoms with E-state index in [2.05, 4.69) is 93.7 Å². The van der Waals surface area contributed by atoms with E-state index in [1.807, 2.05) is 0 Å². The molecule has 0 rings (SSSR count). The van der Waals surface area contributed by atoms with E-state index in [9.17, 15) is 14.4 Å². The Morgan fingerprint density at radius 3 is 0.772 bits per heavy atom. The van der Waals surface area contributed by atoms with Crippen molar-refractivity contribution in [1.29, 1.82) is 0 Å². The quantitative estimate of drug-likeness (QED) is 0.0261. The average Bonchev–Trinajstić information content (AvgIpc) is 3.45. The van der Waals surface area contributed by atoms with E-state index in [1.54, 1.807) is 0 Å². The molecule has 0 amide bonds. The monoisotopic (exact) mass is 1100 g/mol. The number of hydrogen-bond donors (Lipinski definition) is 0. The molecular formula is C73H130O6. The lowest BCUT2D eigenvalue weighted by atomic mass is 10.0. The summed E-state index contributed by atoms with van der Waals surface area (Å²) < 4.78 is 17.0. The molecule has 0 aromatic carbocycles. The van der Waals surface area contributed by atoms with Gasteiger partial charge in [-0.1, -0.05) is 338 Å². The second kappa shape index (κ2) is 67.4. The number of carbonyl (C=O) groups is 3. The molecule has 6 heteroatoms. The zero-order chi connectivity index (χ0) is 57.1. The summed E-state index contributed by atoms with van der Waals surface area (Å²) in [6, 6.07) is 0. The van der Waals surface area contributed by atoms with Crippen molar-refractivity contribution in [2.75, 3.05) is 13.2 Å². The lowest BCUT2D eigenvalue weighted by Crippen LogP contribution is -2.30. The van der Waals surface area contributed by atoms with Crippen LogP contribution in [0.5, 0.6) is 0 Å². The Bertz CT molecular complexity index is 1450. The van der Waals surface area contributed by atoms with Crippen LogP contribution in [0.25, 0.3) is 0 Å². The van der Waals surface area contributed by atoms with Crippen molar-refractivity contribution in [3.05, 3.63) is 72.9 Å². The van der Waals surface area contributed by atoms with Crippen molar-refractivity contribution in [1.82, 2.24) is 0 Å². The van der Waals surface area contributed by atoms with E-state index in [-0.39, 0.29) is 31.1 Å². The van der Waals surface area contributed by atoms with Gasteiger partial charge in [-0.3, -0.25) is 14.4 Å². The lowest BCUT2D eigenvalue weighted by Gasteiger charge is -2.18. The molecule has 0 aromatic rings. The normalized spacial score (nSPS) is 12.5. The molecule has 79 heavy (non-hydrogen) atoms. The molecule has 0 aliphatic rings.